The Morgan fingerprint density at radius 2 is 1.14 bits per heavy atom. The molecule has 5 heterocycles. The van der Waals surface area contributed by atoms with Crippen LogP contribution in [0.2, 0.25) is 58.4 Å². The molecule has 1 aliphatic carbocycles. The van der Waals surface area contributed by atoms with E-state index < -0.39 is 104 Å². The second-order valence-corrected chi connectivity index (χ2v) is 48.0. The van der Waals surface area contributed by atoms with Gasteiger partial charge in [0.1, 0.15) is 38.3 Å². The Morgan fingerprint density at radius 1 is 0.602 bits per heavy atom. The molecule has 6 bridgehead atoms. The molecule has 6 aliphatic rings. The quantitative estimate of drug-likeness (QED) is 0.0783. The summed E-state index contributed by atoms with van der Waals surface area (Å²) >= 11 is 0. The van der Waals surface area contributed by atoms with E-state index in [2.05, 4.69) is 146 Å². The fraction of sp³-hybridized carbons (Fsp3) is 0.667. The molecule has 2 unspecified atom stereocenters. The molecule has 3 N–H and O–H groups in total. The van der Waals surface area contributed by atoms with Crippen molar-refractivity contribution in [1.82, 2.24) is 5.32 Å². The summed E-state index contributed by atoms with van der Waals surface area (Å²) in [4.78, 5) is 42.9. The van der Waals surface area contributed by atoms with Gasteiger partial charge in [0, 0.05) is 50.7 Å². The smallest absolute Gasteiger partial charge is 0.407 e. The lowest BCUT2D eigenvalue weighted by Gasteiger charge is -2.53. The van der Waals surface area contributed by atoms with Gasteiger partial charge in [-0.1, -0.05) is 255 Å². The van der Waals surface area contributed by atoms with Crippen molar-refractivity contribution in [3.8, 4) is 11.1 Å². The normalized spacial score (nSPS) is 34.1. The molecule has 2 aromatic rings. The SMILES string of the molecule is CC[Si](CC)(O[C@H]1C[C@@]2(OC)C[C@@H]3C[C@@H](OCO3)[C@H](O[Si](CC)(CC)C(C)C)CC[C@@H]3C[C@H](CC(=O)O[C@@H](C)[C@H](C)[C@H](C)C(C)/C=C/C=C/C=C/C=C/C=C/C=C/C=C/[C@H](O[C@@H]4O[C@H](C)[C@@H]([Si](CC)(CC)C(C)C)[C@H](NC(=O)OCC5c6ccccc6-c6ccccc65)[C@H]4O)CC(O2)[C@@H]1C(=O)O)OCO3)C(C)C. The number of carboxylic acid groups (broad SMARTS) is 1. The fourth-order valence-corrected chi connectivity index (χ4v) is 31.6. The predicted molar refractivity (Wildman–Crippen MR) is 435 cm³/mol. The largest absolute Gasteiger partial charge is 0.481 e. The van der Waals surface area contributed by atoms with E-state index in [0.717, 1.165) is 58.5 Å². The van der Waals surface area contributed by atoms with E-state index in [1.807, 2.05) is 111 Å². The first-order valence-electron chi connectivity index (χ1n) is 41.0. The molecule has 0 spiro atoms. The Labute approximate surface area is 650 Å². The number of aliphatic hydroxyl groups is 1. The minimum absolute atomic E-state index is 0.0193. The lowest BCUT2D eigenvalue weighted by molar-refractivity contribution is -0.321. The van der Waals surface area contributed by atoms with Crippen LogP contribution in [0.25, 0.3) is 11.1 Å². The molecule has 0 radical (unpaired) electrons. The summed E-state index contributed by atoms with van der Waals surface area (Å²) in [7, 11) is -5.84. The topological polar surface area (TPSA) is 214 Å². The standard InChI is InChI=1S/C87H135NO17Si3/c1-19-106(20-2,58(7)8)83-65(17)101-85(82(90)81(83)88-86(93)95-55-74-72-45-39-37-43-70(72)71-44-38-40-46-73(71)74)102-67-42-36-34-32-30-28-26-25-27-29-31-33-35-41-61(13)62(14)63(15)64(16)100-79(89)52-68-49-66(96-56-97-68)47-48-75(104-107(21-3,22-4)59(9)10)76-51-69(98-57-99-76)53-87(94-18)54-78(80(84(91)92)77(50-67)103-87)105-108(23-5,24-6)60(11)12/h25-46,58-69,74-78,80-83,85,90H,19-24,47-57H2,1-18H3,(H,88,93)(H,91,92)/b26-25+,29-27+,30-28+,33-31+,34-32+,41-35+,42-36+/t61?,62-,63-,64+,65-,66-,67+,68-,69+,75-,76-,77?,78+,80+,81-,82-,83-,85+,87-/m1/s1. The van der Waals surface area contributed by atoms with E-state index in [4.69, 9.17) is 56.2 Å². The second-order valence-electron chi connectivity index (χ2n) is 32.5. The van der Waals surface area contributed by atoms with Gasteiger partial charge in [-0.15, -0.1) is 0 Å². The van der Waals surface area contributed by atoms with Gasteiger partial charge in [-0.05, 0) is 102 Å². The predicted octanol–water partition coefficient (Wildman–Crippen LogP) is 19.0. The number of fused-ring (bicyclic) bond motifs is 9. The highest BCUT2D eigenvalue weighted by Gasteiger charge is 2.58. The number of amides is 1. The molecule has 1 amide bonds. The number of hydrogen-bond donors (Lipinski definition) is 3. The van der Waals surface area contributed by atoms with E-state index in [1.54, 1.807) is 7.11 Å². The maximum Gasteiger partial charge on any atom is 0.407 e. The van der Waals surface area contributed by atoms with Gasteiger partial charge in [-0.25, -0.2) is 4.79 Å². The Bertz CT molecular complexity index is 3310. The van der Waals surface area contributed by atoms with Gasteiger partial charge >= 0.3 is 18.0 Å². The molecule has 0 aromatic heterocycles. The number of nitrogens with one attached hydrogen (secondary N) is 1. The van der Waals surface area contributed by atoms with Crippen molar-refractivity contribution in [1.29, 1.82) is 0 Å². The van der Waals surface area contributed by atoms with Crippen LogP contribution in [0, 0.1) is 23.7 Å². The molecule has 4 fully saturated rings. The molecular formula is C87H135NO17Si3. The van der Waals surface area contributed by atoms with Crippen LogP contribution in [0.5, 0.6) is 0 Å². The van der Waals surface area contributed by atoms with Crippen LogP contribution in [0.1, 0.15) is 186 Å². The number of benzene rings is 2. The maximum atomic E-state index is 14.7. The zero-order valence-electron chi connectivity index (χ0n) is 68.4. The van der Waals surface area contributed by atoms with Gasteiger partial charge in [0.15, 0.2) is 28.7 Å². The molecule has 602 valence electrons. The summed E-state index contributed by atoms with van der Waals surface area (Å²) in [5.41, 5.74) is 4.87. The van der Waals surface area contributed by atoms with Crippen LogP contribution in [-0.4, -0.2) is 166 Å². The lowest BCUT2D eigenvalue weighted by atomic mass is 9.82. The summed E-state index contributed by atoms with van der Waals surface area (Å²) in [5, 5.41) is 28.3. The average molecular weight is 1550 g/mol. The van der Waals surface area contributed by atoms with Gasteiger partial charge in [-0.2, -0.15) is 0 Å². The van der Waals surface area contributed by atoms with Crippen molar-refractivity contribution in [3.63, 3.8) is 0 Å². The molecule has 108 heavy (non-hydrogen) atoms. The third kappa shape index (κ3) is 22.1. The van der Waals surface area contributed by atoms with Crippen molar-refractivity contribution in [2.75, 3.05) is 27.3 Å². The Kier molecular flexibility index (Phi) is 34.2. The molecule has 2 aromatic carbocycles. The number of rotatable bonds is 21. The average Bonchev–Trinajstić information content (AvgIpc) is 1.16. The third-order valence-corrected chi connectivity index (χ3v) is 43.7. The van der Waals surface area contributed by atoms with Crippen molar-refractivity contribution in [2.24, 2.45) is 23.7 Å². The molecule has 4 saturated heterocycles. The van der Waals surface area contributed by atoms with Crippen molar-refractivity contribution >= 4 is 42.7 Å². The highest BCUT2D eigenvalue weighted by atomic mass is 28.4. The van der Waals surface area contributed by atoms with E-state index >= 15 is 0 Å². The molecule has 5 aliphatic heterocycles. The monoisotopic (exact) mass is 1550 g/mol. The Hall–Kier alpha value is -4.96. The van der Waals surface area contributed by atoms with Crippen LogP contribution in [0.3, 0.4) is 0 Å². The number of cyclic esters (lactones) is 1. The van der Waals surface area contributed by atoms with Crippen LogP contribution in [0.4, 0.5) is 4.79 Å². The van der Waals surface area contributed by atoms with Crippen molar-refractivity contribution in [2.45, 2.75) is 319 Å². The number of methoxy groups -OCH3 is 1. The summed E-state index contributed by atoms with van der Waals surface area (Å²) < 4.78 is 81.7. The van der Waals surface area contributed by atoms with Gasteiger partial charge in [0.2, 0.25) is 0 Å². The van der Waals surface area contributed by atoms with Gasteiger partial charge in [-0.3, -0.25) is 9.59 Å². The number of carbonyl (C=O) groups excluding carboxylic acids is 2. The van der Waals surface area contributed by atoms with E-state index in [0.29, 0.717) is 31.2 Å². The molecular weight excluding hydrogens is 1420 g/mol. The van der Waals surface area contributed by atoms with Crippen LogP contribution in [-0.2, 0) is 65.8 Å². The van der Waals surface area contributed by atoms with Crippen molar-refractivity contribution in [3.05, 3.63) is 145 Å². The molecule has 0 saturated carbocycles. The van der Waals surface area contributed by atoms with Gasteiger partial charge < -0.3 is 71.8 Å². The summed E-state index contributed by atoms with van der Waals surface area (Å²) in [5.74, 6) is -3.63. The lowest BCUT2D eigenvalue weighted by Crippen LogP contribution is -2.66. The number of aliphatic carboxylic acids is 1. The molecule has 21 heteroatoms. The highest BCUT2D eigenvalue weighted by Crippen LogP contribution is 2.51. The zero-order valence-corrected chi connectivity index (χ0v) is 71.4. The van der Waals surface area contributed by atoms with E-state index in [-0.39, 0.29) is 117 Å². The van der Waals surface area contributed by atoms with Crippen LogP contribution in [0.15, 0.2) is 134 Å². The van der Waals surface area contributed by atoms with E-state index in [9.17, 15) is 24.6 Å². The first kappa shape index (κ1) is 88.6. The highest BCUT2D eigenvalue weighted by molar-refractivity contribution is 6.82. The van der Waals surface area contributed by atoms with Gasteiger partial charge in [0.25, 0.3) is 0 Å². The second kappa shape index (κ2) is 41.7. The summed E-state index contributed by atoms with van der Waals surface area (Å²) in [6.45, 7) is 37.3. The molecule has 19 atom stereocenters. The number of alkyl carbamates (subject to hydrolysis) is 1. The number of ether oxygens (including phenoxy) is 10. The number of hydrogen-bond acceptors (Lipinski definition) is 16. The number of aliphatic hydroxyl groups excluding tert-OH is 1. The summed E-state index contributed by atoms with van der Waals surface area (Å²) in [6, 6.07) is 20.7. The minimum Gasteiger partial charge on any atom is -0.481 e. The Balaban J connectivity index is 1.17. The van der Waals surface area contributed by atoms with Crippen LogP contribution < -0.4 is 5.32 Å². The number of esters is 1. The maximum absolute atomic E-state index is 14.7. The first-order valence-corrected chi connectivity index (χ1v) is 48.3. The third-order valence-electron chi connectivity index (χ3n) is 26.0. The number of carboxylic acids is 1. The van der Waals surface area contributed by atoms with Crippen molar-refractivity contribution < 1.29 is 80.8 Å². The molecule has 8 rings (SSSR count). The number of carbonyl (C=O) groups is 3. The van der Waals surface area contributed by atoms with E-state index in [1.165, 1.54) is 0 Å². The van der Waals surface area contributed by atoms with Gasteiger partial charge in [0.05, 0.1) is 75.5 Å². The minimum atomic E-state index is -2.66. The summed E-state index contributed by atoms with van der Waals surface area (Å²) in [6.07, 6.45) is 21.1. The number of allylic oxidation sites excluding steroid dienone is 13. The fourth-order valence-electron chi connectivity index (χ4n) is 18.6. The first-order chi connectivity index (χ1) is 51.7. The van der Waals surface area contributed by atoms with Crippen LogP contribution >= 0.6 is 0 Å². The Morgan fingerprint density at radius 3 is 1.69 bits per heavy atom. The zero-order chi connectivity index (χ0) is 78.5. The molecule has 18 nitrogen and oxygen atoms in total.